The molecule has 19 heavy (non-hydrogen) atoms. The normalized spacial score (nSPS) is 28.1. The van der Waals surface area contributed by atoms with E-state index in [4.69, 9.17) is 0 Å². The lowest BCUT2D eigenvalue weighted by Gasteiger charge is -2.14. The Labute approximate surface area is 114 Å². The zero-order valence-corrected chi connectivity index (χ0v) is 11.0. The lowest BCUT2D eigenvalue weighted by molar-refractivity contribution is 0.521. The second-order valence-corrected chi connectivity index (χ2v) is 5.82. The van der Waals surface area contributed by atoms with Crippen LogP contribution in [0.5, 0.6) is 0 Å². The smallest absolute Gasteiger partial charge is 0.0328 e. The van der Waals surface area contributed by atoms with Gasteiger partial charge in [-0.15, -0.1) is 0 Å². The summed E-state index contributed by atoms with van der Waals surface area (Å²) >= 11 is 0. The summed E-state index contributed by atoms with van der Waals surface area (Å²) in [5.41, 5.74) is 4.56. The van der Waals surface area contributed by atoms with Crippen LogP contribution in [0.2, 0.25) is 0 Å². The first-order valence-electron chi connectivity index (χ1n) is 7.30. The summed E-state index contributed by atoms with van der Waals surface area (Å²) in [4.78, 5) is 0. The number of fused-ring (bicyclic) bond motifs is 1. The van der Waals surface area contributed by atoms with E-state index in [9.17, 15) is 0 Å². The molecule has 2 aromatic rings. The van der Waals surface area contributed by atoms with E-state index in [0.29, 0.717) is 12.1 Å². The second kappa shape index (κ2) is 4.50. The Hall–Kier alpha value is -1.60. The van der Waals surface area contributed by atoms with Crippen LogP contribution in [0.1, 0.15) is 41.5 Å². The van der Waals surface area contributed by atoms with Gasteiger partial charge in [0.25, 0.3) is 0 Å². The molecule has 2 aliphatic rings. The van der Waals surface area contributed by atoms with Crippen LogP contribution in [0, 0.1) is 0 Å². The molecule has 0 amide bonds. The van der Waals surface area contributed by atoms with Crippen LogP contribution in [0.3, 0.4) is 0 Å². The molecule has 0 heterocycles. The Morgan fingerprint density at radius 1 is 0.895 bits per heavy atom. The molecule has 0 saturated heterocycles. The van der Waals surface area contributed by atoms with Crippen LogP contribution in [0.15, 0.2) is 54.6 Å². The highest BCUT2D eigenvalue weighted by Crippen LogP contribution is 2.43. The fourth-order valence-corrected chi connectivity index (χ4v) is 3.44. The van der Waals surface area contributed by atoms with Gasteiger partial charge < -0.3 is 5.32 Å². The van der Waals surface area contributed by atoms with Gasteiger partial charge in [0.05, 0.1) is 0 Å². The highest BCUT2D eigenvalue weighted by atomic mass is 15.0. The van der Waals surface area contributed by atoms with E-state index >= 15 is 0 Å². The van der Waals surface area contributed by atoms with Crippen molar-refractivity contribution in [1.29, 1.82) is 0 Å². The molecule has 96 valence electrons. The third-order valence-corrected chi connectivity index (χ3v) is 4.57. The molecule has 0 spiro atoms. The molecule has 1 saturated carbocycles. The van der Waals surface area contributed by atoms with E-state index in [1.165, 1.54) is 36.0 Å². The molecule has 0 radical (unpaired) electrons. The van der Waals surface area contributed by atoms with Gasteiger partial charge in [-0.3, -0.25) is 0 Å². The van der Waals surface area contributed by atoms with Crippen LogP contribution in [0.4, 0.5) is 0 Å². The van der Waals surface area contributed by atoms with Crippen molar-refractivity contribution in [3.8, 4) is 0 Å². The number of aryl methyl sites for hydroxylation is 1. The molecule has 4 rings (SSSR count). The molecule has 1 unspecified atom stereocenters. The highest BCUT2D eigenvalue weighted by molar-refractivity contribution is 5.35. The fraction of sp³-hybridized carbons (Fsp3) is 0.333. The molecule has 0 aromatic heterocycles. The number of rotatable bonds is 3. The first-order chi connectivity index (χ1) is 9.42. The highest BCUT2D eigenvalue weighted by Gasteiger charge is 2.40. The number of nitrogens with one attached hydrogen (secondary N) is 1. The quantitative estimate of drug-likeness (QED) is 0.872. The average Bonchev–Trinajstić information content (AvgIpc) is 3.13. The Morgan fingerprint density at radius 3 is 2.58 bits per heavy atom. The molecule has 2 aliphatic carbocycles. The topological polar surface area (TPSA) is 12.0 Å². The van der Waals surface area contributed by atoms with Gasteiger partial charge in [-0.25, -0.2) is 0 Å². The van der Waals surface area contributed by atoms with E-state index in [-0.39, 0.29) is 0 Å². The average molecular weight is 249 g/mol. The van der Waals surface area contributed by atoms with Crippen molar-refractivity contribution in [1.82, 2.24) is 5.32 Å². The van der Waals surface area contributed by atoms with E-state index in [2.05, 4.69) is 59.9 Å². The molecule has 3 atom stereocenters. The van der Waals surface area contributed by atoms with Crippen LogP contribution in [-0.2, 0) is 6.42 Å². The molecule has 1 N–H and O–H groups in total. The van der Waals surface area contributed by atoms with E-state index < -0.39 is 0 Å². The molecular weight excluding hydrogens is 230 g/mol. The zero-order valence-electron chi connectivity index (χ0n) is 11.0. The van der Waals surface area contributed by atoms with Gasteiger partial charge >= 0.3 is 0 Å². The molecule has 1 fully saturated rings. The molecule has 0 aliphatic heterocycles. The maximum atomic E-state index is 3.86. The van der Waals surface area contributed by atoms with Crippen molar-refractivity contribution in [2.45, 2.75) is 37.3 Å². The van der Waals surface area contributed by atoms with Gasteiger partial charge in [-0.2, -0.15) is 0 Å². The lowest BCUT2D eigenvalue weighted by atomic mass is 10.1. The largest absolute Gasteiger partial charge is 0.307 e. The Bertz CT molecular complexity index is 575. The van der Waals surface area contributed by atoms with Crippen molar-refractivity contribution in [2.75, 3.05) is 0 Å². The van der Waals surface area contributed by atoms with Gasteiger partial charge in [-0.1, -0.05) is 54.6 Å². The molecule has 1 nitrogen and oxygen atoms in total. The summed E-state index contributed by atoms with van der Waals surface area (Å²) in [6, 6.07) is 21.1. The Kier molecular flexibility index (Phi) is 2.66. The lowest BCUT2D eigenvalue weighted by Crippen LogP contribution is -2.22. The summed E-state index contributed by atoms with van der Waals surface area (Å²) < 4.78 is 0. The van der Waals surface area contributed by atoms with Crippen LogP contribution < -0.4 is 5.32 Å². The predicted octanol–water partition coefficient (Wildman–Crippen LogP) is 3.82. The van der Waals surface area contributed by atoms with Gasteiger partial charge in [0.2, 0.25) is 0 Å². The molecular formula is C18H19N. The van der Waals surface area contributed by atoms with E-state index in [1.807, 2.05) is 0 Å². The van der Waals surface area contributed by atoms with Crippen LogP contribution in [0.25, 0.3) is 0 Å². The maximum Gasteiger partial charge on any atom is 0.0328 e. The van der Waals surface area contributed by atoms with Gasteiger partial charge in [0.15, 0.2) is 0 Å². The van der Waals surface area contributed by atoms with Crippen LogP contribution in [-0.4, -0.2) is 6.04 Å². The standard InChI is InChI=1S/C18H19N/c1-2-6-13(7-3-1)16-12-18(16)19-17-11-10-14-8-4-5-9-15(14)17/h1-9,16-19H,10-12H2/t16-,17?,18+/m0/s1. The van der Waals surface area contributed by atoms with Gasteiger partial charge in [0.1, 0.15) is 0 Å². The SMILES string of the molecule is c1ccc([C@@H]2C[C@H]2NC2CCc3ccccc32)cc1. The fourth-order valence-electron chi connectivity index (χ4n) is 3.44. The third kappa shape index (κ3) is 2.08. The molecule has 2 aromatic carbocycles. The van der Waals surface area contributed by atoms with Crippen molar-refractivity contribution in [3.05, 3.63) is 71.3 Å². The minimum atomic E-state index is 0.579. The third-order valence-electron chi connectivity index (χ3n) is 4.57. The molecule has 0 bridgehead atoms. The summed E-state index contributed by atoms with van der Waals surface area (Å²) in [6.07, 6.45) is 3.79. The monoisotopic (exact) mass is 249 g/mol. The predicted molar refractivity (Wildman–Crippen MR) is 78.2 cm³/mol. The summed E-state index contributed by atoms with van der Waals surface area (Å²) in [5.74, 6) is 0.731. The van der Waals surface area contributed by atoms with E-state index in [0.717, 1.165) is 5.92 Å². The summed E-state index contributed by atoms with van der Waals surface area (Å²) in [6.45, 7) is 0. The minimum absolute atomic E-state index is 0.579. The van der Waals surface area contributed by atoms with Crippen molar-refractivity contribution in [2.24, 2.45) is 0 Å². The van der Waals surface area contributed by atoms with Crippen LogP contribution >= 0.6 is 0 Å². The van der Waals surface area contributed by atoms with Crippen molar-refractivity contribution >= 4 is 0 Å². The Morgan fingerprint density at radius 2 is 1.68 bits per heavy atom. The second-order valence-electron chi connectivity index (χ2n) is 5.82. The first-order valence-corrected chi connectivity index (χ1v) is 7.30. The van der Waals surface area contributed by atoms with Gasteiger partial charge in [-0.05, 0) is 36.0 Å². The molecule has 1 heteroatoms. The van der Waals surface area contributed by atoms with E-state index in [1.54, 1.807) is 0 Å². The summed E-state index contributed by atoms with van der Waals surface area (Å²) in [5, 5.41) is 3.86. The number of benzene rings is 2. The summed E-state index contributed by atoms with van der Waals surface area (Å²) in [7, 11) is 0. The van der Waals surface area contributed by atoms with Gasteiger partial charge in [0, 0.05) is 18.0 Å². The number of hydrogen-bond acceptors (Lipinski definition) is 1. The maximum absolute atomic E-state index is 3.86. The Balaban J connectivity index is 1.45. The van der Waals surface area contributed by atoms with Crippen molar-refractivity contribution < 1.29 is 0 Å². The number of hydrogen-bond donors (Lipinski definition) is 1. The zero-order chi connectivity index (χ0) is 12.7. The first kappa shape index (κ1) is 11.2. The minimum Gasteiger partial charge on any atom is -0.307 e. The van der Waals surface area contributed by atoms with Crippen molar-refractivity contribution in [3.63, 3.8) is 0 Å².